The maximum Gasteiger partial charge on any atom is 0.511 e. The number of halogens is 1. The van der Waals surface area contributed by atoms with Crippen molar-refractivity contribution < 1.29 is 23.8 Å². The van der Waals surface area contributed by atoms with E-state index >= 15 is 4.39 Å². The van der Waals surface area contributed by atoms with Gasteiger partial charge in [0.15, 0.2) is 18.3 Å². The van der Waals surface area contributed by atoms with Crippen LogP contribution in [0.5, 0.6) is 11.5 Å². The van der Waals surface area contributed by atoms with Crippen molar-refractivity contribution in [2.45, 2.75) is 24.8 Å². The van der Waals surface area contributed by atoms with E-state index in [4.69, 9.17) is 21.3 Å². The molecule has 3 heterocycles. The van der Waals surface area contributed by atoms with Crippen LogP contribution in [0.3, 0.4) is 0 Å². The molecule has 3 fully saturated rings. The number of carbonyl (C=O) groups is 1. The van der Waals surface area contributed by atoms with Crippen LogP contribution in [0.4, 0.5) is 20.6 Å². The maximum atomic E-state index is 15.7. The van der Waals surface area contributed by atoms with Gasteiger partial charge in [0.05, 0.1) is 17.3 Å². The molecule has 2 aliphatic carbocycles. The van der Waals surface area contributed by atoms with Crippen LogP contribution in [0.2, 0.25) is 0 Å². The molecule has 5 N–H and O–H groups in total. The van der Waals surface area contributed by atoms with E-state index in [1.165, 1.54) is 10.9 Å². The highest BCUT2D eigenvalue weighted by atomic mass is 19.1. The minimum atomic E-state index is -1.64. The number of rotatable bonds is 2. The lowest BCUT2D eigenvalue weighted by Crippen LogP contribution is -2.45. The Bertz CT molecular complexity index is 1250. The normalized spacial score (nSPS) is 30.0. The molecule has 2 aliphatic heterocycles. The van der Waals surface area contributed by atoms with Crippen molar-refractivity contribution in [1.29, 1.82) is 0 Å². The minimum absolute atomic E-state index is 0.0674. The van der Waals surface area contributed by atoms with E-state index in [0.29, 0.717) is 24.9 Å². The third-order valence-electron chi connectivity index (χ3n) is 7.91. The van der Waals surface area contributed by atoms with Crippen molar-refractivity contribution in [2.75, 3.05) is 42.5 Å². The first kappa shape index (κ1) is 19.5. The predicted molar refractivity (Wildman–Crippen MR) is 114 cm³/mol. The molecule has 2 aromatic rings. The lowest BCUT2D eigenvalue weighted by atomic mass is 9.78. The van der Waals surface area contributed by atoms with Gasteiger partial charge in [-0.2, -0.15) is 0 Å². The number of carboxylic acid groups (broad SMARTS) is 1. The summed E-state index contributed by atoms with van der Waals surface area (Å²) >= 11 is 0. The van der Waals surface area contributed by atoms with E-state index in [2.05, 4.69) is 4.74 Å². The Kier molecular flexibility index (Phi) is 3.76. The Morgan fingerprint density at radius 1 is 1.41 bits per heavy atom. The van der Waals surface area contributed by atoms with Gasteiger partial charge in [0.25, 0.3) is 0 Å². The summed E-state index contributed by atoms with van der Waals surface area (Å²) in [7, 11) is 1.69. The van der Waals surface area contributed by atoms with E-state index in [9.17, 15) is 9.59 Å². The number of anilines is 2. The van der Waals surface area contributed by atoms with Gasteiger partial charge in [-0.25, -0.2) is 9.18 Å². The zero-order chi connectivity index (χ0) is 22.5. The van der Waals surface area contributed by atoms with Crippen molar-refractivity contribution in [3.05, 3.63) is 22.2 Å². The molecule has 11 heteroatoms. The summed E-state index contributed by atoms with van der Waals surface area (Å²) in [5.74, 6) is 0.254. The maximum absolute atomic E-state index is 15.7. The number of nitrogens with two attached hydrogens (primary N) is 2. The molecule has 1 aromatic heterocycles. The molecule has 0 amide bonds. The van der Waals surface area contributed by atoms with Gasteiger partial charge in [0, 0.05) is 25.7 Å². The Balaban J connectivity index is 1.55. The second kappa shape index (κ2) is 6.18. The van der Waals surface area contributed by atoms with Crippen LogP contribution in [0.1, 0.15) is 19.3 Å². The molecule has 4 aliphatic rings. The molecule has 2 bridgehead atoms. The summed E-state index contributed by atoms with van der Waals surface area (Å²) < 4.78 is 27.8. The highest BCUT2D eigenvalue weighted by Gasteiger charge is 2.59. The lowest BCUT2D eigenvalue weighted by Gasteiger charge is -2.34. The fourth-order valence-electron chi connectivity index (χ4n) is 6.52. The van der Waals surface area contributed by atoms with Crippen molar-refractivity contribution >= 4 is 28.4 Å². The van der Waals surface area contributed by atoms with E-state index < -0.39 is 23.2 Å². The monoisotopic (exact) mass is 445 g/mol. The van der Waals surface area contributed by atoms with E-state index in [0.717, 1.165) is 19.3 Å². The number of nitrogen functional groups attached to an aromatic ring is 1. The van der Waals surface area contributed by atoms with Gasteiger partial charge >= 0.3 is 6.16 Å². The highest BCUT2D eigenvalue weighted by Crippen LogP contribution is 2.58. The summed E-state index contributed by atoms with van der Waals surface area (Å²) in [6.07, 6.45) is 2.75. The molecule has 0 radical (unpaired) electrons. The highest BCUT2D eigenvalue weighted by molar-refractivity contribution is 6.01. The number of pyridine rings is 1. The van der Waals surface area contributed by atoms with Crippen molar-refractivity contribution in [1.82, 2.24) is 4.68 Å². The number of aromatic nitrogens is 1. The third-order valence-corrected chi connectivity index (χ3v) is 7.91. The first-order valence-electron chi connectivity index (χ1n) is 10.7. The molecule has 2 saturated carbocycles. The number of benzene rings is 1. The molecule has 0 spiro atoms. The first-order chi connectivity index (χ1) is 15.2. The smallest absolute Gasteiger partial charge is 0.467 e. The molecular formula is C21H24FN5O5. The number of fused-ring (bicyclic) bond motifs is 5. The Morgan fingerprint density at radius 3 is 2.91 bits per heavy atom. The Morgan fingerprint density at radius 2 is 2.19 bits per heavy atom. The third kappa shape index (κ3) is 2.37. The van der Waals surface area contributed by atoms with E-state index in [-0.39, 0.29) is 46.2 Å². The Hall–Kier alpha value is -3.21. The summed E-state index contributed by atoms with van der Waals surface area (Å²) in [5.41, 5.74) is 12.0. The van der Waals surface area contributed by atoms with Crippen LogP contribution in [0.25, 0.3) is 10.9 Å². The predicted octanol–water partition coefficient (Wildman–Crippen LogP) is 1.26. The summed E-state index contributed by atoms with van der Waals surface area (Å²) in [6, 6.07) is 0. The quantitative estimate of drug-likeness (QED) is 0.461. The SMILES string of the molecule is CN1COc2c(N3CC4C5CCC(N)(C5)C4C3)c(F)c(N)c3c(=O)c(OC(=O)O)cn1c23. The average molecular weight is 445 g/mol. The molecule has 170 valence electrons. The molecule has 4 atom stereocenters. The fourth-order valence-corrected chi connectivity index (χ4v) is 6.52. The molecule has 1 aromatic carbocycles. The largest absolute Gasteiger partial charge is 0.511 e. The van der Waals surface area contributed by atoms with Gasteiger partial charge < -0.3 is 30.9 Å². The van der Waals surface area contributed by atoms with Crippen molar-refractivity contribution in [3.63, 3.8) is 0 Å². The van der Waals surface area contributed by atoms with E-state index in [1.54, 1.807) is 12.1 Å². The number of hydrogen-bond donors (Lipinski definition) is 3. The molecule has 10 nitrogen and oxygen atoms in total. The summed E-state index contributed by atoms with van der Waals surface area (Å²) in [6.45, 7) is 1.33. The number of nitrogens with zero attached hydrogens (tertiary/aromatic N) is 3. The molecule has 4 unspecified atom stereocenters. The van der Waals surface area contributed by atoms with Gasteiger partial charge in [-0.1, -0.05) is 0 Å². The van der Waals surface area contributed by atoms with Crippen molar-refractivity contribution in [3.8, 4) is 11.5 Å². The van der Waals surface area contributed by atoms with Gasteiger partial charge in [-0.3, -0.25) is 14.5 Å². The molecular weight excluding hydrogens is 421 g/mol. The topological polar surface area (TPSA) is 136 Å². The second-order valence-electron chi connectivity index (χ2n) is 9.51. The zero-order valence-corrected chi connectivity index (χ0v) is 17.5. The number of ether oxygens (including phenoxy) is 2. The van der Waals surface area contributed by atoms with Crippen molar-refractivity contribution in [2.24, 2.45) is 23.5 Å². The minimum Gasteiger partial charge on any atom is -0.467 e. The standard InChI is InChI=1S/C21H24FN5O5/c1-25-8-31-19-16-13(18(28)12(7-27(16)25)32-20(29)30)15(23)14(22)17(19)26-5-10-9-2-3-21(24,4-9)11(10)6-26/h7,9-11H,2-6,8,23-24H2,1H3,(H,29,30). The lowest BCUT2D eigenvalue weighted by molar-refractivity contribution is 0.143. The van der Waals surface area contributed by atoms with E-state index in [1.807, 2.05) is 4.90 Å². The fraction of sp³-hybridized carbons (Fsp3) is 0.524. The Labute approximate surface area is 182 Å². The van der Waals surface area contributed by atoms with Gasteiger partial charge in [0.1, 0.15) is 11.2 Å². The average Bonchev–Trinajstić information content (AvgIpc) is 3.40. The molecule has 1 saturated heterocycles. The van der Waals surface area contributed by atoms with Gasteiger partial charge in [-0.15, -0.1) is 0 Å². The van der Waals surface area contributed by atoms with Crippen LogP contribution >= 0.6 is 0 Å². The summed E-state index contributed by atoms with van der Waals surface area (Å²) in [4.78, 5) is 26.0. The van der Waals surface area contributed by atoms with Crippen LogP contribution < -0.4 is 36.3 Å². The van der Waals surface area contributed by atoms with Crippen LogP contribution in [0, 0.1) is 23.6 Å². The number of hydrogen-bond acceptors (Lipinski definition) is 8. The zero-order valence-electron chi connectivity index (χ0n) is 17.5. The van der Waals surface area contributed by atoms with Crippen LogP contribution in [0.15, 0.2) is 11.0 Å². The van der Waals surface area contributed by atoms with Gasteiger partial charge in [0.2, 0.25) is 11.2 Å². The second-order valence-corrected chi connectivity index (χ2v) is 9.51. The van der Waals surface area contributed by atoms with Crippen LogP contribution in [-0.4, -0.2) is 48.3 Å². The molecule has 6 rings (SSSR count). The first-order valence-corrected chi connectivity index (χ1v) is 10.7. The summed E-state index contributed by atoms with van der Waals surface area (Å²) in [5, 5.41) is 10.4. The molecule has 32 heavy (non-hydrogen) atoms. The van der Waals surface area contributed by atoms with Gasteiger partial charge in [-0.05, 0) is 37.0 Å². The van der Waals surface area contributed by atoms with Crippen LogP contribution in [-0.2, 0) is 0 Å².